The molecule has 0 bridgehead atoms. The summed E-state index contributed by atoms with van der Waals surface area (Å²) in [5.41, 5.74) is 0. The van der Waals surface area contributed by atoms with Gasteiger partial charge in [0.1, 0.15) is 0 Å². The van der Waals surface area contributed by atoms with Crippen molar-refractivity contribution in [2.75, 3.05) is 26.4 Å². The van der Waals surface area contributed by atoms with Gasteiger partial charge in [0.15, 0.2) is 9.84 Å². The third-order valence-electron chi connectivity index (χ3n) is 4.51. The van der Waals surface area contributed by atoms with Crippen molar-refractivity contribution in [3.8, 4) is 0 Å². The number of hydrogen-bond donors (Lipinski definition) is 1. The topological polar surface area (TPSA) is 66.5 Å². The molecule has 0 aromatic heterocycles. The summed E-state index contributed by atoms with van der Waals surface area (Å²) in [6.45, 7) is 1.22. The van der Waals surface area contributed by atoms with E-state index in [4.69, 9.17) is 0 Å². The van der Waals surface area contributed by atoms with E-state index in [9.17, 15) is 13.2 Å². The normalized spacial score (nSPS) is 27.3. The lowest BCUT2D eigenvalue weighted by atomic mass is 9.94. The molecule has 2 saturated carbocycles. The van der Waals surface area contributed by atoms with E-state index in [1.54, 1.807) is 11.9 Å². The number of nitrogens with one attached hydrogen (secondary N) is 1. The van der Waals surface area contributed by atoms with Gasteiger partial charge in [0.2, 0.25) is 5.91 Å². The molecule has 0 aromatic carbocycles. The minimum absolute atomic E-state index is 0.00574. The summed E-state index contributed by atoms with van der Waals surface area (Å²) >= 11 is 0. The second kappa shape index (κ2) is 6.43. The van der Waals surface area contributed by atoms with Gasteiger partial charge in [-0.3, -0.25) is 4.79 Å². The second-order valence-electron chi connectivity index (χ2n) is 6.30. The average molecular weight is 302 g/mol. The Kier molecular flexibility index (Phi) is 5.07. The SMILES string of the molecule is CN(C(=O)CNCC1CC1)C1CCCCC1S(C)(=O)=O. The molecule has 1 amide bonds. The third kappa shape index (κ3) is 4.19. The van der Waals surface area contributed by atoms with Crippen LogP contribution < -0.4 is 5.32 Å². The quantitative estimate of drug-likeness (QED) is 0.788. The molecule has 0 heterocycles. The molecule has 0 aliphatic heterocycles. The first-order valence-electron chi connectivity index (χ1n) is 7.55. The molecule has 2 aliphatic carbocycles. The van der Waals surface area contributed by atoms with Crippen molar-refractivity contribution in [2.24, 2.45) is 5.92 Å². The number of amides is 1. The van der Waals surface area contributed by atoms with E-state index in [1.165, 1.54) is 19.1 Å². The van der Waals surface area contributed by atoms with Crippen LogP contribution in [0.3, 0.4) is 0 Å². The molecule has 20 heavy (non-hydrogen) atoms. The van der Waals surface area contributed by atoms with Crippen molar-refractivity contribution in [1.82, 2.24) is 10.2 Å². The number of hydrogen-bond acceptors (Lipinski definition) is 4. The van der Waals surface area contributed by atoms with E-state index < -0.39 is 15.1 Å². The molecule has 2 unspecified atom stereocenters. The van der Waals surface area contributed by atoms with Crippen LogP contribution in [-0.4, -0.2) is 56.9 Å². The highest BCUT2D eigenvalue weighted by molar-refractivity contribution is 7.91. The summed E-state index contributed by atoms with van der Waals surface area (Å²) in [5.74, 6) is 0.748. The maximum absolute atomic E-state index is 12.2. The molecule has 0 radical (unpaired) electrons. The van der Waals surface area contributed by atoms with Crippen molar-refractivity contribution in [2.45, 2.75) is 49.8 Å². The second-order valence-corrected chi connectivity index (χ2v) is 8.56. The van der Waals surface area contributed by atoms with Crippen LogP contribution in [0.25, 0.3) is 0 Å². The monoisotopic (exact) mass is 302 g/mol. The van der Waals surface area contributed by atoms with Crippen LogP contribution in [-0.2, 0) is 14.6 Å². The van der Waals surface area contributed by atoms with Crippen molar-refractivity contribution >= 4 is 15.7 Å². The Bertz CT molecular complexity index is 445. The molecular formula is C14H26N2O3S. The van der Waals surface area contributed by atoms with E-state index in [0.717, 1.165) is 31.7 Å². The number of nitrogens with zero attached hydrogens (tertiary/aromatic N) is 1. The Morgan fingerprint density at radius 2 is 1.85 bits per heavy atom. The Labute approximate surface area is 122 Å². The van der Waals surface area contributed by atoms with Crippen molar-refractivity contribution in [1.29, 1.82) is 0 Å². The highest BCUT2D eigenvalue weighted by Crippen LogP contribution is 2.28. The molecule has 0 spiro atoms. The van der Waals surface area contributed by atoms with Crippen molar-refractivity contribution < 1.29 is 13.2 Å². The van der Waals surface area contributed by atoms with Crippen LogP contribution in [0.4, 0.5) is 0 Å². The Hall–Kier alpha value is -0.620. The van der Waals surface area contributed by atoms with Crippen LogP contribution in [0, 0.1) is 5.92 Å². The fraction of sp³-hybridized carbons (Fsp3) is 0.929. The van der Waals surface area contributed by atoms with E-state index in [2.05, 4.69) is 5.32 Å². The first-order chi connectivity index (χ1) is 9.39. The largest absolute Gasteiger partial charge is 0.340 e. The van der Waals surface area contributed by atoms with E-state index in [-0.39, 0.29) is 11.9 Å². The minimum Gasteiger partial charge on any atom is -0.340 e. The Balaban J connectivity index is 1.90. The van der Waals surface area contributed by atoms with E-state index >= 15 is 0 Å². The van der Waals surface area contributed by atoms with Gasteiger partial charge >= 0.3 is 0 Å². The van der Waals surface area contributed by atoms with Gasteiger partial charge in [0.05, 0.1) is 11.8 Å². The van der Waals surface area contributed by atoms with E-state index in [1.807, 2.05) is 0 Å². The maximum atomic E-state index is 12.2. The van der Waals surface area contributed by atoms with Gasteiger partial charge in [0, 0.05) is 19.3 Å². The van der Waals surface area contributed by atoms with E-state index in [0.29, 0.717) is 13.0 Å². The molecule has 2 fully saturated rings. The number of carbonyl (C=O) groups is 1. The number of carbonyl (C=O) groups excluding carboxylic acids is 1. The van der Waals surface area contributed by atoms with Gasteiger partial charge in [0.25, 0.3) is 0 Å². The van der Waals surface area contributed by atoms with Crippen LogP contribution in [0.5, 0.6) is 0 Å². The highest BCUT2D eigenvalue weighted by atomic mass is 32.2. The molecule has 0 aromatic rings. The highest BCUT2D eigenvalue weighted by Gasteiger charge is 2.36. The van der Waals surface area contributed by atoms with Gasteiger partial charge in [-0.2, -0.15) is 0 Å². The number of likely N-dealkylation sites (N-methyl/N-ethyl adjacent to an activating group) is 1. The maximum Gasteiger partial charge on any atom is 0.236 e. The van der Waals surface area contributed by atoms with Gasteiger partial charge in [-0.05, 0) is 38.1 Å². The fourth-order valence-electron chi connectivity index (χ4n) is 3.03. The summed E-state index contributed by atoms with van der Waals surface area (Å²) in [7, 11) is -1.35. The summed E-state index contributed by atoms with van der Waals surface area (Å²) in [6.07, 6.45) is 7.23. The van der Waals surface area contributed by atoms with Crippen molar-refractivity contribution in [3.05, 3.63) is 0 Å². The number of rotatable bonds is 6. The molecule has 2 aliphatic rings. The first-order valence-corrected chi connectivity index (χ1v) is 9.50. The molecule has 116 valence electrons. The lowest BCUT2D eigenvalue weighted by Gasteiger charge is -2.37. The minimum atomic E-state index is -3.09. The van der Waals surface area contributed by atoms with Gasteiger partial charge < -0.3 is 10.2 Å². The molecule has 2 atom stereocenters. The molecular weight excluding hydrogens is 276 g/mol. The van der Waals surface area contributed by atoms with Gasteiger partial charge in [-0.1, -0.05) is 12.8 Å². The standard InChI is InChI=1S/C14H26N2O3S/c1-16(14(17)10-15-9-11-7-8-11)12-5-3-4-6-13(12)20(2,18)19/h11-13,15H,3-10H2,1-2H3. The summed E-state index contributed by atoms with van der Waals surface area (Å²) in [6, 6.07) is -0.158. The predicted molar refractivity (Wildman–Crippen MR) is 79.3 cm³/mol. The van der Waals surface area contributed by atoms with Gasteiger partial charge in [-0.15, -0.1) is 0 Å². The first kappa shape index (κ1) is 15.8. The van der Waals surface area contributed by atoms with Crippen LogP contribution >= 0.6 is 0 Å². The van der Waals surface area contributed by atoms with Crippen molar-refractivity contribution in [3.63, 3.8) is 0 Å². The molecule has 1 N–H and O–H groups in total. The summed E-state index contributed by atoms with van der Waals surface area (Å²) in [4.78, 5) is 13.8. The lowest BCUT2D eigenvalue weighted by Crippen LogP contribution is -2.51. The fourth-order valence-corrected chi connectivity index (χ4v) is 4.52. The Morgan fingerprint density at radius 3 is 2.45 bits per heavy atom. The summed E-state index contributed by atoms with van der Waals surface area (Å²) in [5, 5.41) is 2.79. The molecule has 5 nitrogen and oxygen atoms in total. The predicted octanol–water partition coefficient (Wildman–Crippen LogP) is 0.800. The average Bonchev–Trinajstić information content (AvgIpc) is 3.21. The Morgan fingerprint density at radius 1 is 1.20 bits per heavy atom. The molecule has 2 rings (SSSR count). The molecule has 6 heteroatoms. The smallest absolute Gasteiger partial charge is 0.236 e. The van der Waals surface area contributed by atoms with Crippen LogP contribution in [0.15, 0.2) is 0 Å². The zero-order valence-corrected chi connectivity index (χ0v) is 13.3. The van der Waals surface area contributed by atoms with Crippen LogP contribution in [0.2, 0.25) is 0 Å². The third-order valence-corrected chi connectivity index (χ3v) is 6.16. The van der Waals surface area contributed by atoms with Gasteiger partial charge in [-0.25, -0.2) is 8.42 Å². The zero-order chi connectivity index (χ0) is 14.8. The summed E-state index contributed by atoms with van der Waals surface area (Å²) < 4.78 is 23.8. The lowest BCUT2D eigenvalue weighted by molar-refractivity contribution is -0.131. The van der Waals surface area contributed by atoms with Crippen LogP contribution in [0.1, 0.15) is 38.5 Å². The zero-order valence-electron chi connectivity index (χ0n) is 12.5. The number of sulfone groups is 1. The molecule has 0 saturated heterocycles.